The number of carbonyl (C=O) groups is 4. The molecule has 1 heterocycles. The zero-order valence-electron chi connectivity index (χ0n) is 16.7. The standard InChI is InChI=1S/C20H26ClN3O5/c1-3-29-20(28)14-7-6-10-24(12-14)18(26)13-23(2)17(25)11-22-19(27)15-8-4-5-9-16(15)21/h4-5,8-9,14H,3,6-7,10-13H2,1-2H3,(H,22,27). The van der Waals surface area contributed by atoms with Crippen molar-refractivity contribution in [1.29, 1.82) is 0 Å². The molecule has 1 saturated heterocycles. The minimum Gasteiger partial charge on any atom is -0.466 e. The summed E-state index contributed by atoms with van der Waals surface area (Å²) in [6.45, 7) is 2.51. The van der Waals surface area contributed by atoms with Crippen molar-refractivity contribution in [1.82, 2.24) is 15.1 Å². The number of likely N-dealkylation sites (tertiary alicyclic amines) is 1. The molecule has 2 rings (SSSR count). The second-order valence-corrected chi connectivity index (χ2v) is 7.25. The highest BCUT2D eigenvalue weighted by molar-refractivity contribution is 6.33. The molecule has 0 spiro atoms. The summed E-state index contributed by atoms with van der Waals surface area (Å²) in [5.41, 5.74) is 0.277. The van der Waals surface area contributed by atoms with Gasteiger partial charge in [0.2, 0.25) is 11.8 Å². The van der Waals surface area contributed by atoms with E-state index < -0.39 is 11.8 Å². The number of nitrogens with one attached hydrogen (secondary N) is 1. The number of amides is 3. The zero-order chi connectivity index (χ0) is 21.4. The summed E-state index contributed by atoms with van der Waals surface area (Å²) in [4.78, 5) is 51.7. The number of rotatable bonds is 7. The van der Waals surface area contributed by atoms with E-state index in [0.29, 0.717) is 37.6 Å². The number of halogens is 1. The second-order valence-electron chi connectivity index (χ2n) is 6.84. The van der Waals surface area contributed by atoms with Crippen molar-refractivity contribution >= 4 is 35.3 Å². The van der Waals surface area contributed by atoms with Gasteiger partial charge in [0, 0.05) is 20.1 Å². The Hall–Kier alpha value is -2.61. The van der Waals surface area contributed by atoms with Crippen LogP contribution in [0.5, 0.6) is 0 Å². The van der Waals surface area contributed by atoms with Crippen LogP contribution in [0.25, 0.3) is 0 Å². The van der Waals surface area contributed by atoms with Crippen molar-refractivity contribution in [2.75, 3.05) is 39.8 Å². The molecule has 29 heavy (non-hydrogen) atoms. The fourth-order valence-electron chi connectivity index (χ4n) is 3.08. The van der Waals surface area contributed by atoms with Crippen molar-refractivity contribution in [3.63, 3.8) is 0 Å². The van der Waals surface area contributed by atoms with Crippen LogP contribution in [0.1, 0.15) is 30.1 Å². The van der Waals surface area contributed by atoms with Gasteiger partial charge in [0.25, 0.3) is 5.91 Å². The fourth-order valence-corrected chi connectivity index (χ4v) is 3.30. The van der Waals surface area contributed by atoms with E-state index >= 15 is 0 Å². The Labute approximate surface area is 175 Å². The van der Waals surface area contributed by atoms with Gasteiger partial charge in [-0.05, 0) is 31.9 Å². The Kier molecular flexibility index (Phi) is 8.45. The largest absolute Gasteiger partial charge is 0.466 e. The number of likely N-dealkylation sites (N-methyl/N-ethyl adjacent to an activating group) is 1. The molecule has 0 aromatic heterocycles. The third-order valence-electron chi connectivity index (χ3n) is 4.71. The highest BCUT2D eigenvalue weighted by atomic mass is 35.5. The zero-order valence-corrected chi connectivity index (χ0v) is 17.4. The molecule has 1 atom stereocenters. The number of benzene rings is 1. The number of esters is 1. The van der Waals surface area contributed by atoms with Gasteiger partial charge in [0.05, 0.1) is 36.2 Å². The molecular formula is C20H26ClN3O5. The van der Waals surface area contributed by atoms with Crippen LogP contribution in [0.2, 0.25) is 5.02 Å². The normalized spacial score (nSPS) is 16.1. The van der Waals surface area contributed by atoms with Crippen molar-refractivity contribution in [3.8, 4) is 0 Å². The van der Waals surface area contributed by atoms with Gasteiger partial charge in [-0.1, -0.05) is 23.7 Å². The smallest absolute Gasteiger partial charge is 0.310 e. The van der Waals surface area contributed by atoms with E-state index in [4.69, 9.17) is 16.3 Å². The maximum absolute atomic E-state index is 12.5. The summed E-state index contributed by atoms with van der Waals surface area (Å²) in [5, 5.41) is 2.80. The SMILES string of the molecule is CCOC(=O)C1CCCN(C(=O)CN(C)C(=O)CNC(=O)c2ccccc2Cl)C1. The summed E-state index contributed by atoms with van der Waals surface area (Å²) < 4.78 is 5.04. The summed E-state index contributed by atoms with van der Waals surface area (Å²) >= 11 is 5.97. The highest BCUT2D eigenvalue weighted by Crippen LogP contribution is 2.18. The topological polar surface area (TPSA) is 96.0 Å². The molecule has 1 fully saturated rings. The number of hydrogen-bond acceptors (Lipinski definition) is 5. The Morgan fingerprint density at radius 2 is 2.00 bits per heavy atom. The summed E-state index contributed by atoms with van der Waals surface area (Å²) in [5.74, 6) is -1.73. The third kappa shape index (κ3) is 6.45. The quantitative estimate of drug-likeness (QED) is 0.667. The van der Waals surface area contributed by atoms with Crippen molar-refractivity contribution < 1.29 is 23.9 Å². The van der Waals surface area contributed by atoms with Gasteiger partial charge in [0.1, 0.15) is 0 Å². The number of hydrogen-bond donors (Lipinski definition) is 1. The first-order valence-corrected chi connectivity index (χ1v) is 9.92. The van der Waals surface area contributed by atoms with E-state index in [-0.39, 0.29) is 36.4 Å². The van der Waals surface area contributed by atoms with E-state index in [2.05, 4.69) is 5.32 Å². The number of piperidine rings is 1. The summed E-state index contributed by atoms with van der Waals surface area (Å²) in [6.07, 6.45) is 1.40. The van der Waals surface area contributed by atoms with Gasteiger partial charge in [-0.15, -0.1) is 0 Å². The number of ether oxygens (including phenoxy) is 1. The van der Waals surface area contributed by atoms with Crippen LogP contribution < -0.4 is 5.32 Å². The molecule has 3 amide bonds. The Morgan fingerprint density at radius 1 is 1.28 bits per heavy atom. The summed E-state index contributed by atoms with van der Waals surface area (Å²) in [6, 6.07) is 6.53. The Morgan fingerprint density at radius 3 is 2.69 bits per heavy atom. The molecule has 0 saturated carbocycles. The Bertz CT molecular complexity index is 770. The van der Waals surface area contributed by atoms with Crippen LogP contribution in [0, 0.1) is 5.92 Å². The van der Waals surface area contributed by atoms with Crippen LogP contribution >= 0.6 is 11.6 Å². The van der Waals surface area contributed by atoms with Crippen molar-refractivity contribution in [2.24, 2.45) is 5.92 Å². The first-order valence-electron chi connectivity index (χ1n) is 9.54. The minimum absolute atomic E-state index is 0.129. The molecule has 1 N–H and O–H groups in total. The fraction of sp³-hybridized carbons (Fsp3) is 0.500. The van der Waals surface area contributed by atoms with E-state index in [1.165, 1.54) is 11.9 Å². The van der Waals surface area contributed by atoms with Crippen LogP contribution in [0.15, 0.2) is 24.3 Å². The van der Waals surface area contributed by atoms with E-state index in [1.807, 2.05) is 0 Å². The second kappa shape index (κ2) is 10.8. The van der Waals surface area contributed by atoms with Gasteiger partial charge >= 0.3 is 5.97 Å². The molecule has 1 aromatic carbocycles. The summed E-state index contributed by atoms with van der Waals surface area (Å²) in [7, 11) is 1.49. The lowest BCUT2D eigenvalue weighted by atomic mass is 9.98. The minimum atomic E-state index is -0.461. The predicted molar refractivity (Wildman–Crippen MR) is 107 cm³/mol. The molecule has 1 aliphatic heterocycles. The molecule has 8 nitrogen and oxygen atoms in total. The predicted octanol–water partition coefficient (Wildman–Crippen LogP) is 1.33. The molecule has 0 aliphatic carbocycles. The van der Waals surface area contributed by atoms with Crippen LogP contribution in [-0.2, 0) is 19.1 Å². The van der Waals surface area contributed by atoms with Crippen molar-refractivity contribution in [2.45, 2.75) is 19.8 Å². The molecular weight excluding hydrogens is 398 g/mol. The van der Waals surface area contributed by atoms with Crippen molar-refractivity contribution in [3.05, 3.63) is 34.9 Å². The lowest BCUT2D eigenvalue weighted by Crippen LogP contribution is -2.48. The highest BCUT2D eigenvalue weighted by Gasteiger charge is 2.30. The van der Waals surface area contributed by atoms with Crippen LogP contribution in [0.4, 0.5) is 0 Å². The lowest BCUT2D eigenvalue weighted by molar-refractivity contribution is -0.152. The maximum atomic E-state index is 12.5. The third-order valence-corrected chi connectivity index (χ3v) is 5.04. The van der Waals surface area contributed by atoms with E-state index in [9.17, 15) is 19.2 Å². The van der Waals surface area contributed by atoms with Gasteiger partial charge in [-0.25, -0.2) is 0 Å². The van der Waals surface area contributed by atoms with E-state index in [0.717, 1.165) is 0 Å². The van der Waals surface area contributed by atoms with Crippen LogP contribution in [0.3, 0.4) is 0 Å². The van der Waals surface area contributed by atoms with Crippen LogP contribution in [-0.4, -0.2) is 73.3 Å². The first kappa shape index (κ1) is 22.7. The van der Waals surface area contributed by atoms with Gasteiger partial charge in [0.15, 0.2) is 0 Å². The van der Waals surface area contributed by atoms with Gasteiger partial charge in [-0.3, -0.25) is 19.2 Å². The monoisotopic (exact) mass is 423 g/mol. The number of carbonyl (C=O) groups excluding carboxylic acids is 4. The Balaban J connectivity index is 1.82. The molecule has 1 unspecified atom stereocenters. The molecule has 9 heteroatoms. The first-order chi connectivity index (χ1) is 13.8. The molecule has 158 valence electrons. The molecule has 1 aromatic rings. The molecule has 0 radical (unpaired) electrons. The maximum Gasteiger partial charge on any atom is 0.310 e. The average molecular weight is 424 g/mol. The molecule has 1 aliphatic rings. The average Bonchev–Trinajstić information content (AvgIpc) is 2.72. The van der Waals surface area contributed by atoms with Gasteiger partial charge < -0.3 is 19.9 Å². The van der Waals surface area contributed by atoms with Gasteiger partial charge in [-0.2, -0.15) is 0 Å². The lowest BCUT2D eigenvalue weighted by Gasteiger charge is -2.32. The van der Waals surface area contributed by atoms with E-state index in [1.54, 1.807) is 36.1 Å². The molecule has 0 bridgehead atoms. The number of nitrogens with zero attached hydrogens (tertiary/aromatic N) is 2.